The first-order valence-electron chi connectivity index (χ1n) is 10.4. The predicted molar refractivity (Wildman–Crippen MR) is 117 cm³/mol. The van der Waals surface area contributed by atoms with Crippen molar-refractivity contribution in [2.75, 3.05) is 18.4 Å². The number of carbonyl (C=O) groups is 1. The molecule has 0 saturated carbocycles. The van der Waals surface area contributed by atoms with Gasteiger partial charge < -0.3 is 10.2 Å². The fourth-order valence-electron chi connectivity index (χ4n) is 4.11. The van der Waals surface area contributed by atoms with Crippen LogP contribution in [0.5, 0.6) is 0 Å². The van der Waals surface area contributed by atoms with E-state index in [9.17, 15) is 4.79 Å². The molecule has 0 radical (unpaired) electrons. The van der Waals surface area contributed by atoms with Gasteiger partial charge in [0.15, 0.2) is 0 Å². The summed E-state index contributed by atoms with van der Waals surface area (Å²) in [7, 11) is 1.84. The summed E-state index contributed by atoms with van der Waals surface area (Å²) in [5.74, 6) is 1.12. The molecule has 1 atom stereocenters. The molecule has 0 aromatic carbocycles. The Morgan fingerprint density at radius 3 is 2.80 bits per heavy atom. The molecule has 3 aromatic heterocycles. The van der Waals surface area contributed by atoms with Gasteiger partial charge in [-0.2, -0.15) is 5.10 Å². The van der Waals surface area contributed by atoms with Crippen molar-refractivity contribution in [1.82, 2.24) is 24.6 Å². The minimum absolute atomic E-state index is 0.0559. The summed E-state index contributed by atoms with van der Waals surface area (Å²) in [4.78, 5) is 24.2. The number of rotatable bonds is 4. The largest absolute Gasteiger partial charge is 0.340 e. The van der Waals surface area contributed by atoms with Gasteiger partial charge in [0, 0.05) is 55.5 Å². The Morgan fingerprint density at radius 1 is 1.23 bits per heavy atom. The van der Waals surface area contributed by atoms with Crippen LogP contribution >= 0.6 is 0 Å². The van der Waals surface area contributed by atoms with E-state index in [1.165, 1.54) is 0 Å². The minimum Gasteiger partial charge on any atom is -0.340 e. The molecule has 30 heavy (non-hydrogen) atoms. The van der Waals surface area contributed by atoms with Crippen molar-refractivity contribution < 1.29 is 4.79 Å². The summed E-state index contributed by atoms with van der Waals surface area (Å²) in [5.41, 5.74) is 5.50. The first-order valence-corrected chi connectivity index (χ1v) is 10.4. The van der Waals surface area contributed by atoms with Crippen LogP contribution in [0.1, 0.15) is 51.8 Å². The molecule has 1 aliphatic heterocycles. The standard InChI is InChI=1S/C23H28N6O/c1-15-7-5-9-24-22(15)26-19-11-16(2)25-21(12-19)18-8-6-10-29(13-18)23(30)20-14-28(4)27-17(20)3/h5,7,9,11-12,14,18H,6,8,10,13H2,1-4H3,(H,24,25,26). The van der Waals surface area contributed by atoms with E-state index in [1.54, 1.807) is 10.9 Å². The van der Waals surface area contributed by atoms with E-state index in [0.29, 0.717) is 12.1 Å². The van der Waals surface area contributed by atoms with Gasteiger partial charge in [-0.15, -0.1) is 0 Å². The Balaban J connectivity index is 1.55. The lowest BCUT2D eigenvalue weighted by Crippen LogP contribution is -2.39. The van der Waals surface area contributed by atoms with Gasteiger partial charge in [-0.1, -0.05) is 6.07 Å². The lowest BCUT2D eigenvalue weighted by atomic mass is 9.93. The van der Waals surface area contributed by atoms with Crippen LogP contribution in [0.3, 0.4) is 0 Å². The molecule has 156 valence electrons. The van der Waals surface area contributed by atoms with Crippen molar-refractivity contribution in [3.8, 4) is 0 Å². The Bertz CT molecular complexity index is 1070. The van der Waals surface area contributed by atoms with Crippen LogP contribution < -0.4 is 5.32 Å². The predicted octanol–water partition coefficient (Wildman–Crippen LogP) is 3.90. The van der Waals surface area contributed by atoms with Crippen molar-refractivity contribution in [3.63, 3.8) is 0 Å². The van der Waals surface area contributed by atoms with Crippen molar-refractivity contribution >= 4 is 17.4 Å². The molecule has 7 heteroatoms. The number of amides is 1. The second-order valence-electron chi connectivity index (χ2n) is 8.11. The molecule has 0 spiro atoms. The van der Waals surface area contributed by atoms with Crippen LogP contribution in [0, 0.1) is 20.8 Å². The molecule has 7 nitrogen and oxygen atoms in total. The van der Waals surface area contributed by atoms with Crippen molar-refractivity contribution in [2.24, 2.45) is 7.05 Å². The number of pyridine rings is 2. The topological polar surface area (TPSA) is 75.9 Å². The second-order valence-corrected chi connectivity index (χ2v) is 8.11. The molecular formula is C23H28N6O. The number of likely N-dealkylation sites (tertiary alicyclic amines) is 1. The number of carbonyl (C=O) groups excluding carboxylic acids is 1. The zero-order valence-corrected chi connectivity index (χ0v) is 18.0. The van der Waals surface area contributed by atoms with E-state index >= 15 is 0 Å². The zero-order valence-electron chi connectivity index (χ0n) is 18.0. The second kappa shape index (κ2) is 8.26. The van der Waals surface area contributed by atoms with Crippen LogP contribution in [0.25, 0.3) is 0 Å². The van der Waals surface area contributed by atoms with Gasteiger partial charge in [0.25, 0.3) is 5.91 Å². The Morgan fingerprint density at radius 2 is 2.07 bits per heavy atom. The Kier molecular flexibility index (Phi) is 5.53. The van der Waals surface area contributed by atoms with Gasteiger partial charge >= 0.3 is 0 Å². The van der Waals surface area contributed by atoms with Crippen molar-refractivity contribution in [1.29, 1.82) is 0 Å². The molecule has 0 bridgehead atoms. The van der Waals surface area contributed by atoms with Crippen LogP contribution in [0.2, 0.25) is 0 Å². The summed E-state index contributed by atoms with van der Waals surface area (Å²) in [6.45, 7) is 7.37. The van der Waals surface area contributed by atoms with E-state index in [1.807, 2.05) is 57.1 Å². The maximum Gasteiger partial charge on any atom is 0.257 e. The average Bonchev–Trinajstić information content (AvgIpc) is 3.07. The number of anilines is 2. The average molecular weight is 405 g/mol. The van der Waals surface area contributed by atoms with E-state index in [-0.39, 0.29) is 11.8 Å². The molecule has 1 saturated heterocycles. The molecule has 3 aromatic rings. The molecule has 4 heterocycles. The van der Waals surface area contributed by atoms with Gasteiger partial charge in [-0.05, 0) is 57.4 Å². The first kappa shape index (κ1) is 20.1. The fourth-order valence-corrected chi connectivity index (χ4v) is 4.11. The number of hydrogen-bond acceptors (Lipinski definition) is 5. The third kappa shape index (κ3) is 4.20. The highest BCUT2D eigenvalue weighted by Gasteiger charge is 2.28. The van der Waals surface area contributed by atoms with E-state index in [2.05, 4.69) is 21.5 Å². The third-order valence-electron chi connectivity index (χ3n) is 5.62. The molecular weight excluding hydrogens is 376 g/mol. The van der Waals surface area contributed by atoms with Crippen LogP contribution in [0.4, 0.5) is 11.5 Å². The SMILES string of the molecule is Cc1cc(Nc2ncccc2C)cc(C2CCCN(C(=O)c3cn(C)nc3C)C2)n1. The van der Waals surface area contributed by atoms with Crippen molar-refractivity contribution in [3.05, 3.63) is 64.9 Å². The summed E-state index contributed by atoms with van der Waals surface area (Å²) in [6.07, 6.45) is 5.58. The van der Waals surface area contributed by atoms with E-state index in [4.69, 9.17) is 4.98 Å². The number of piperidine rings is 1. The normalized spacial score (nSPS) is 16.5. The van der Waals surface area contributed by atoms with Gasteiger partial charge in [0.1, 0.15) is 5.82 Å². The molecule has 4 rings (SSSR count). The Hall–Kier alpha value is -3.22. The highest BCUT2D eigenvalue weighted by molar-refractivity contribution is 5.95. The van der Waals surface area contributed by atoms with Crippen LogP contribution in [-0.4, -0.2) is 43.6 Å². The number of nitrogens with zero attached hydrogens (tertiary/aromatic N) is 5. The van der Waals surface area contributed by atoms with Crippen LogP contribution in [0.15, 0.2) is 36.7 Å². The summed E-state index contributed by atoms with van der Waals surface area (Å²) in [5, 5.41) is 7.74. The van der Waals surface area contributed by atoms with Gasteiger partial charge in [-0.25, -0.2) is 4.98 Å². The molecule has 0 aliphatic carbocycles. The van der Waals surface area contributed by atoms with Crippen molar-refractivity contribution in [2.45, 2.75) is 39.5 Å². The fraction of sp³-hybridized carbons (Fsp3) is 0.391. The van der Waals surface area contributed by atoms with Gasteiger partial charge in [0.2, 0.25) is 0 Å². The first-order chi connectivity index (χ1) is 14.4. The maximum absolute atomic E-state index is 13.1. The molecule has 1 aliphatic rings. The number of aromatic nitrogens is 4. The molecule has 1 unspecified atom stereocenters. The van der Waals surface area contributed by atoms with Gasteiger partial charge in [-0.3, -0.25) is 14.5 Å². The smallest absolute Gasteiger partial charge is 0.257 e. The zero-order chi connectivity index (χ0) is 21.3. The highest BCUT2D eigenvalue weighted by atomic mass is 16.2. The van der Waals surface area contributed by atoms with Gasteiger partial charge in [0.05, 0.1) is 11.3 Å². The lowest BCUT2D eigenvalue weighted by Gasteiger charge is -2.32. The molecule has 1 N–H and O–H groups in total. The third-order valence-corrected chi connectivity index (χ3v) is 5.62. The monoisotopic (exact) mass is 404 g/mol. The quantitative estimate of drug-likeness (QED) is 0.714. The van der Waals surface area contributed by atoms with E-state index in [0.717, 1.165) is 53.5 Å². The minimum atomic E-state index is 0.0559. The number of aryl methyl sites for hydroxylation is 4. The molecule has 1 amide bonds. The van der Waals surface area contributed by atoms with Crippen LogP contribution in [-0.2, 0) is 7.05 Å². The summed E-state index contributed by atoms with van der Waals surface area (Å²) in [6, 6.07) is 8.09. The summed E-state index contributed by atoms with van der Waals surface area (Å²) >= 11 is 0. The Labute approximate surface area is 177 Å². The number of nitrogens with one attached hydrogen (secondary N) is 1. The summed E-state index contributed by atoms with van der Waals surface area (Å²) < 4.78 is 1.70. The maximum atomic E-state index is 13.1. The molecule has 1 fully saturated rings. The number of hydrogen-bond donors (Lipinski definition) is 1. The van der Waals surface area contributed by atoms with E-state index < -0.39 is 0 Å². The lowest BCUT2D eigenvalue weighted by molar-refractivity contribution is 0.0705. The highest BCUT2D eigenvalue weighted by Crippen LogP contribution is 2.30.